The molecule has 0 saturated heterocycles. The average Bonchev–Trinajstić information content (AvgIpc) is 2.36. The van der Waals surface area contributed by atoms with Crippen LogP contribution in [-0.2, 0) is 11.0 Å². The Morgan fingerprint density at radius 1 is 1.47 bits per heavy atom. The summed E-state index contributed by atoms with van der Waals surface area (Å²) in [6, 6.07) is 2.94. The van der Waals surface area contributed by atoms with Gasteiger partial charge in [-0.05, 0) is 19.1 Å². The average molecular weight is 276 g/mol. The van der Waals surface area contributed by atoms with Gasteiger partial charge in [0.25, 0.3) is 0 Å². The van der Waals surface area contributed by atoms with Crippen LogP contribution in [0, 0.1) is 0 Å². The lowest BCUT2D eigenvalue weighted by molar-refractivity contribution is -0.137. The molecule has 2 nitrogen and oxygen atoms in total. The molecule has 1 heterocycles. The van der Waals surface area contributed by atoms with Crippen molar-refractivity contribution in [2.45, 2.75) is 31.0 Å². The number of alkyl halides is 4. The second-order valence-corrected chi connectivity index (χ2v) is 4.88. The Bertz CT molecular complexity index is 498. The Hall–Kier alpha value is -1.59. The number of ether oxygens (including phenoxy) is 1. The second-order valence-electron chi connectivity index (χ2n) is 4.88. The molecule has 2 rings (SSSR count). The zero-order chi connectivity index (χ0) is 14.3. The maximum atomic E-state index is 12.9. The van der Waals surface area contributed by atoms with Crippen LogP contribution in [-0.4, -0.2) is 18.6 Å². The minimum atomic E-state index is -4.50. The number of carbonyl (C=O) groups is 1. The molecule has 6 heteroatoms. The summed E-state index contributed by atoms with van der Waals surface area (Å²) in [6.45, 7) is 0.569. The van der Waals surface area contributed by atoms with Gasteiger partial charge < -0.3 is 9.53 Å². The van der Waals surface area contributed by atoms with Crippen molar-refractivity contribution in [2.24, 2.45) is 0 Å². The van der Waals surface area contributed by atoms with Crippen LogP contribution in [0.5, 0.6) is 5.75 Å². The van der Waals surface area contributed by atoms with E-state index in [1.165, 1.54) is 13.0 Å². The molecule has 0 aliphatic carbocycles. The molecule has 1 aliphatic rings. The van der Waals surface area contributed by atoms with Crippen molar-refractivity contribution in [1.29, 1.82) is 0 Å². The lowest BCUT2D eigenvalue weighted by Gasteiger charge is -2.36. The van der Waals surface area contributed by atoms with Crippen molar-refractivity contribution in [2.75, 3.05) is 6.67 Å². The van der Waals surface area contributed by atoms with Gasteiger partial charge in [-0.2, -0.15) is 13.2 Å². The predicted molar refractivity (Wildman–Crippen MR) is 59.9 cm³/mol. The monoisotopic (exact) mass is 276 g/mol. The molecule has 2 atom stereocenters. The fraction of sp³-hybridized carbons (Fsp3) is 0.462. The third kappa shape index (κ3) is 2.57. The lowest BCUT2D eigenvalue weighted by Crippen LogP contribution is -2.40. The summed E-state index contributed by atoms with van der Waals surface area (Å²) in [5.41, 5.74) is -1.77. The topological polar surface area (TPSA) is 26.3 Å². The van der Waals surface area contributed by atoms with E-state index in [1.807, 2.05) is 0 Å². The Balaban J connectivity index is 2.48. The van der Waals surface area contributed by atoms with Gasteiger partial charge >= 0.3 is 6.18 Å². The zero-order valence-corrected chi connectivity index (χ0v) is 10.1. The number of hydrogen-bond donors (Lipinski definition) is 0. The summed E-state index contributed by atoms with van der Waals surface area (Å²) < 4.78 is 56.1. The predicted octanol–water partition coefficient (Wildman–Crippen LogP) is 3.50. The van der Waals surface area contributed by atoms with Crippen LogP contribution in [0.3, 0.4) is 0 Å². The van der Waals surface area contributed by atoms with Crippen LogP contribution in [0.1, 0.15) is 30.4 Å². The van der Waals surface area contributed by atoms with E-state index < -0.39 is 29.9 Å². The number of fused-ring (bicyclic) bond motifs is 1. The van der Waals surface area contributed by atoms with E-state index in [0.29, 0.717) is 11.8 Å². The van der Waals surface area contributed by atoms with Gasteiger partial charge in [-0.15, -0.1) is 0 Å². The third-order valence-electron chi connectivity index (χ3n) is 3.20. The molecule has 0 aromatic heterocycles. The summed E-state index contributed by atoms with van der Waals surface area (Å²) in [7, 11) is 0. The summed E-state index contributed by atoms with van der Waals surface area (Å²) >= 11 is 0. The first-order valence-electron chi connectivity index (χ1n) is 5.70. The van der Waals surface area contributed by atoms with E-state index in [2.05, 4.69) is 0 Å². The quantitative estimate of drug-likeness (QED) is 0.610. The van der Waals surface area contributed by atoms with Gasteiger partial charge in [-0.3, -0.25) is 0 Å². The first kappa shape index (κ1) is 13.8. The molecule has 19 heavy (non-hydrogen) atoms. The summed E-state index contributed by atoms with van der Waals surface area (Å²) in [5, 5.41) is 0. The molecule has 0 radical (unpaired) electrons. The van der Waals surface area contributed by atoms with Crippen LogP contribution in [0.2, 0.25) is 0 Å². The minimum Gasteiger partial charge on any atom is -0.484 e. The highest BCUT2D eigenvalue weighted by Gasteiger charge is 2.39. The lowest BCUT2D eigenvalue weighted by atomic mass is 9.84. The van der Waals surface area contributed by atoms with E-state index >= 15 is 0 Å². The molecule has 2 unspecified atom stereocenters. The SMILES string of the molecule is CC1(CF)CC(C=O)c2ccc(C(F)(F)F)cc2O1. The Labute approximate surface area is 107 Å². The van der Waals surface area contributed by atoms with Crippen molar-refractivity contribution < 1.29 is 27.1 Å². The van der Waals surface area contributed by atoms with Gasteiger partial charge in [0, 0.05) is 17.9 Å². The molecule has 1 aromatic carbocycles. The molecule has 0 saturated carbocycles. The molecular formula is C13H12F4O2. The Kier molecular flexibility index (Phi) is 3.28. The van der Waals surface area contributed by atoms with E-state index in [-0.39, 0.29) is 12.2 Å². The highest BCUT2D eigenvalue weighted by atomic mass is 19.4. The summed E-state index contributed by atoms with van der Waals surface area (Å²) in [5.74, 6) is -0.717. The third-order valence-corrected chi connectivity index (χ3v) is 3.20. The first-order valence-corrected chi connectivity index (χ1v) is 5.70. The number of benzene rings is 1. The highest BCUT2D eigenvalue weighted by Crippen LogP contribution is 2.42. The summed E-state index contributed by atoms with van der Waals surface area (Å²) in [6.07, 6.45) is -3.77. The van der Waals surface area contributed by atoms with Crippen LogP contribution in [0.15, 0.2) is 18.2 Å². The smallest absolute Gasteiger partial charge is 0.416 e. The number of aldehydes is 1. The zero-order valence-electron chi connectivity index (χ0n) is 10.1. The van der Waals surface area contributed by atoms with Crippen molar-refractivity contribution in [3.8, 4) is 5.75 Å². The molecule has 0 fully saturated rings. The normalized spacial score (nSPS) is 26.5. The van der Waals surface area contributed by atoms with Crippen LogP contribution in [0.4, 0.5) is 17.6 Å². The molecule has 0 amide bonds. The van der Waals surface area contributed by atoms with Crippen molar-refractivity contribution >= 4 is 6.29 Å². The number of carbonyl (C=O) groups excluding carboxylic acids is 1. The Morgan fingerprint density at radius 2 is 2.16 bits per heavy atom. The van der Waals surface area contributed by atoms with Gasteiger partial charge in [-0.25, -0.2) is 4.39 Å². The maximum absolute atomic E-state index is 12.9. The largest absolute Gasteiger partial charge is 0.484 e. The fourth-order valence-electron chi connectivity index (χ4n) is 2.19. The molecule has 0 N–H and O–H groups in total. The molecule has 1 aliphatic heterocycles. The van der Waals surface area contributed by atoms with E-state index in [0.717, 1.165) is 12.1 Å². The van der Waals surface area contributed by atoms with Gasteiger partial charge in [0.1, 0.15) is 24.3 Å². The number of hydrogen-bond acceptors (Lipinski definition) is 2. The summed E-state index contributed by atoms with van der Waals surface area (Å²) in [4.78, 5) is 11.0. The van der Waals surface area contributed by atoms with Gasteiger partial charge in [0.15, 0.2) is 0 Å². The second kappa shape index (κ2) is 4.51. The van der Waals surface area contributed by atoms with Crippen molar-refractivity contribution in [1.82, 2.24) is 0 Å². The molecule has 0 bridgehead atoms. The van der Waals surface area contributed by atoms with Crippen LogP contribution in [0.25, 0.3) is 0 Å². The standard InChI is InChI=1S/C13H12F4O2/c1-12(7-14)5-8(6-18)10-3-2-9(13(15,16)17)4-11(10)19-12/h2-4,6,8H,5,7H2,1H3. The Morgan fingerprint density at radius 3 is 2.68 bits per heavy atom. The molecule has 104 valence electrons. The molecule has 1 aromatic rings. The number of rotatable bonds is 2. The van der Waals surface area contributed by atoms with E-state index in [4.69, 9.17) is 4.74 Å². The van der Waals surface area contributed by atoms with Crippen LogP contribution >= 0.6 is 0 Å². The van der Waals surface area contributed by atoms with Gasteiger partial charge in [0.05, 0.1) is 5.56 Å². The van der Waals surface area contributed by atoms with E-state index in [1.54, 1.807) is 0 Å². The van der Waals surface area contributed by atoms with Crippen molar-refractivity contribution in [3.05, 3.63) is 29.3 Å². The maximum Gasteiger partial charge on any atom is 0.416 e. The van der Waals surface area contributed by atoms with Crippen LogP contribution < -0.4 is 4.74 Å². The van der Waals surface area contributed by atoms with Gasteiger partial charge in [-0.1, -0.05) is 6.07 Å². The van der Waals surface area contributed by atoms with Crippen molar-refractivity contribution in [3.63, 3.8) is 0 Å². The molecular weight excluding hydrogens is 264 g/mol. The van der Waals surface area contributed by atoms with Gasteiger partial charge in [0.2, 0.25) is 0 Å². The highest BCUT2D eigenvalue weighted by molar-refractivity contribution is 5.66. The number of halogens is 4. The fourth-order valence-corrected chi connectivity index (χ4v) is 2.19. The van der Waals surface area contributed by atoms with E-state index in [9.17, 15) is 22.4 Å². The molecule has 0 spiro atoms. The minimum absolute atomic E-state index is 0.0710. The first-order chi connectivity index (χ1) is 8.79.